The standard InChI is InChI=1S/C9H20N2O/c1-8(11(2)12-3)9-6-4-5-7-10-9/h8-10H,4-7H2,1-3H3. The van der Waals surface area contributed by atoms with Gasteiger partial charge in [-0.2, -0.15) is 5.06 Å². The second kappa shape index (κ2) is 4.80. The van der Waals surface area contributed by atoms with E-state index in [9.17, 15) is 0 Å². The predicted molar refractivity (Wildman–Crippen MR) is 49.9 cm³/mol. The van der Waals surface area contributed by atoms with Crippen LogP contribution in [0.4, 0.5) is 0 Å². The number of rotatable bonds is 3. The van der Waals surface area contributed by atoms with Gasteiger partial charge in [-0.05, 0) is 26.3 Å². The summed E-state index contributed by atoms with van der Waals surface area (Å²) in [5, 5.41) is 5.43. The molecule has 3 nitrogen and oxygen atoms in total. The van der Waals surface area contributed by atoms with Gasteiger partial charge in [0.05, 0.1) is 7.11 Å². The lowest BCUT2D eigenvalue weighted by molar-refractivity contribution is -0.144. The number of nitrogens with zero attached hydrogens (tertiary/aromatic N) is 1. The van der Waals surface area contributed by atoms with Gasteiger partial charge in [-0.15, -0.1) is 0 Å². The molecule has 2 atom stereocenters. The Kier molecular flexibility index (Phi) is 3.98. The van der Waals surface area contributed by atoms with E-state index in [2.05, 4.69) is 12.2 Å². The van der Waals surface area contributed by atoms with Crippen molar-refractivity contribution in [3.8, 4) is 0 Å². The summed E-state index contributed by atoms with van der Waals surface area (Å²) >= 11 is 0. The quantitative estimate of drug-likeness (QED) is 0.643. The first-order chi connectivity index (χ1) is 5.75. The fourth-order valence-corrected chi connectivity index (χ4v) is 1.71. The summed E-state index contributed by atoms with van der Waals surface area (Å²) in [6.45, 7) is 3.36. The van der Waals surface area contributed by atoms with Crippen LogP contribution in [0.1, 0.15) is 26.2 Å². The Hall–Kier alpha value is -0.120. The predicted octanol–water partition coefficient (Wildman–Crippen LogP) is 1.01. The molecule has 1 heterocycles. The lowest BCUT2D eigenvalue weighted by atomic mass is 9.99. The molecule has 0 aromatic heterocycles. The topological polar surface area (TPSA) is 24.5 Å². The van der Waals surface area contributed by atoms with E-state index in [1.165, 1.54) is 19.3 Å². The van der Waals surface area contributed by atoms with Crippen LogP contribution in [-0.2, 0) is 4.84 Å². The third-order valence-corrected chi connectivity index (χ3v) is 2.79. The van der Waals surface area contributed by atoms with Crippen molar-refractivity contribution in [3.05, 3.63) is 0 Å². The summed E-state index contributed by atoms with van der Waals surface area (Å²) in [7, 11) is 3.71. The molecule has 1 rings (SSSR count). The minimum atomic E-state index is 0.468. The smallest absolute Gasteiger partial charge is 0.0575 e. The highest BCUT2D eigenvalue weighted by Gasteiger charge is 2.22. The van der Waals surface area contributed by atoms with Gasteiger partial charge in [0.1, 0.15) is 0 Å². The zero-order valence-corrected chi connectivity index (χ0v) is 8.34. The molecule has 72 valence electrons. The molecule has 0 spiro atoms. The van der Waals surface area contributed by atoms with Crippen molar-refractivity contribution in [2.45, 2.75) is 38.3 Å². The summed E-state index contributed by atoms with van der Waals surface area (Å²) in [5.74, 6) is 0. The Bertz CT molecular complexity index is 124. The number of likely N-dealkylation sites (N-methyl/N-ethyl adjacent to an activating group) is 1. The van der Waals surface area contributed by atoms with Crippen molar-refractivity contribution in [1.29, 1.82) is 0 Å². The van der Waals surface area contributed by atoms with Gasteiger partial charge in [0.15, 0.2) is 0 Å². The van der Waals surface area contributed by atoms with Crippen LogP contribution in [0.3, 0.4) is 0 Å². The van der Waals surface area contributed by atoms with Gasteiger partial charge in [0.25, 0.3) is 0 Å². The van der Waals surface area contributed by atoms with Gasteiger partial charge in [-0.1, -0.05) is 6.42 Å². The molecule has 0 aliphatic carbocycles. The molecule has 1 fully saturated rings. The zero-order valence-electron chi connectivity index (χ0n) is 8.34. The lowest BCUT2D eigenvalue weighted by Crippen LogP contribution is -2.48. The van der Waals surface area contributed by atoms with E-state index in [-0.39, 0.29) is 0 Å². The highest BCUT2D eigenvalue weighted by atomic mass is 16.7. The Morgan fingerprint density at radius 2 is 2.25 bits per heavy atom. The molecule has 1 N–H and O–H groups in total. The second-order valence-corrected chi connectivity index (χ2v) is 3.53. The van der Waals surface area contributed by atoms with Crippen molar-refractivity contribution in [3.63, 3.8) is 0 Å². The molecule has 12 heavy (non-hydrogen) atoms. The Labute approximate surface area is 75.0 Å². The Morgan fingerprint density at radius 1 is 1.50 bits per heavy atom. The van der Waals surface area contributed by atoms with Crippen LogP contribution >= 0.6 is 0 Å². The van der Waals surface area contributed by atoms with Gasteiger partial charge in [-0.3, -0.25) is 0 Å². The molecule has 1 aliphatic heterocycles. The number of piperidine rings is 1. The maximum absolute atomic E-state index is 5.16. The van der Waals surface area contributed by atoms with Gasteiger partial charge in [-0.25, -0.2) is 0 Å². The molecule has 0 bridgehead atoms. The molecular formula is C9H20N2O. The van der Waals surface area contributed by atoms with E-state index in [1.54, 1.807) is 7.11 Å². The van der Waals surface area contributed by atoms with Gasteiger partial charge in [0.2, 0.25) is 0 Å². The first-order valence-electron chi connectivity index (χ1n) is 4.76. The summed E-state index contributed by atoms with van der Waals surface area (Å²) in [5.41, 5.74) is 0. The molecular weight excluding hydrogens is 152 g/mol. The molecule has 2 unspecified atom stereocenters. The normalized spacial score (nSPS) is 27.5. The van der Waals surface area contributed by atoms with Crippen LogP contribution in [-0.4, -0.2) is 37.8 Å². The average Bonchev–Trinajstić information content (AvgIpc) is 2.17. The first kappa shape index (κ1) is 9.96. The average molecular weight is 172 g/mol. The summed E-state index contributed by atoms with van der Waals surface area (Å²) < 4.78 is 0. The fourth-order valence-electron chi connectivity index (χ4n) is 1.71. The summed E-state index contributed by atoms with van der Waals surface area (Å²) in [6.07, 6.45) is 3.94. The molecule has 1 aliphatic rings. The molecule has 3 heteroatoms. The monoisotopic (exact) mass is 172 g/mol. The van der Waals surface area contributed by atoms with Crippen LogP contribution in [0.2, 0.25) is 0 Å². The van der Waals surface area contributed by atoms with Crippen molar-refractivity contribution in [1.82, 2.24) is 10.4 Å². The van der Waals surface area contributed by atoms with Gasteiger partial charge in [0, 0.05) is 19.1 Å². The number of hydrogen-bond donors (Lipinski definition) is 1. The van der Waals surface area contributed by atoms with Crippen LogP contribution in [0, 0.1) is 0 Å². The van der Waals surface area contributed by atoms with Crippen LogP contribution in [0.15, 0.2) is 0 Å². The van der Waals surface area contributed by atoms with Crippen molar-refractivity contribution in [2.75, 3.05) is 20.7 Å². The Morgan fingerprint density at radius 3 is 2.75 bits per heavy atom. The van der Waals surface area contributed by atoms with Crippen molar-refractivity contribution in [2.24, 2.45) is 0 Å². The SMILES string of the molecule is CON(C)C(C)C1CCCCN1. The minimum Gasteiger partial charge on any atom is -0.312 e. The van der Waals surface area contributed by atoms with E-state index in [0.717, 1.165) is 6.54 Å². The van der Waals surface area contributed by atoms with Crippen LogP contribution < -0.4 is 5.32 Å². The van der Waals surface area contributed by atoms with E-state index in [1.807, 2.05) is 12.1 Å². The highest BCUT2D eigenvalue weighted by Crippen LogP contribution is 2.13. The lowest BCUT2D eigenvalue weighted by Gasteiger charge is -2.33. The summed E-state index contributed by atoms with van der Waals surface area (Å²) in [6, 6.07) is 1.07. The van der Waals surface area contributed by atoms with Crippen LogP contribution in [0.25, 0.3) is 0 Å². The van der Waals surface area contributed by atoms with Crippen molar-refractivity contribution < 1.29 is 4.84 Å². The molecule has 0 aromatic rings. The maximum Gasteiger partial charge on any atom is 0.0575 e. The van der Waals surface area contributed by atoms with Gasteiger partial charge >= 0.3 is 0 Å². The number of hydroxylamine groups is 2. The third-order valence-electron chi connectivity index (χ3n) is 2.79. The summed E-state index contributed by atoms with van der Waals surface area (Å²) in [4.78, 5) is 5.16. The van der Waals surface area contributed by atoms with E-state index >= 15 is 0 Å². The largest absolute Gasteiger partial charge is 0.312 e. The highest BCUT2D eigenvalue weighted by molar-refractivity contribution is 4.80. The maximum atomic E-state index is 5.16. The Balaban J connectivity index is 2.33. The molecule has 0 amide bonds. The molecule has 0 aromatic carbocycles. The van der Waals surface area contributed by atoms with Gasteiger partial charge < -0.3 is 10.2 Å². The molecule has 1 saturated heterocycles. The third kappa shape index (κ3) is 2.44. The first-order valence-corrected chi connectivity index (χ1v) is 4.76. The number of nitrogens with one attached hydrogen (secondary N) is 1. The minimum absolute atomic E-state index is 0.468. The molecule has 0 radical (unpaired) electrons. The number of hydrogen-bond acceptors (Lipinski definition) is 3. The molecule has 0 saturated carbocycles. The van der Waals surface area contributed by atoms with Crippen LogP contribution in [0.5, 0.6) is 0 Å². The van der Waals surface area contributed by atoms with E-state index < -0.39 is 0 Å². The zero-order chi connectivity index (χ0) is 8.97. The van der Waals surface area contributed by atoms with E-state index in [0.29, 0.717) is 12.1 Å². The second-order valence-electron chi connectivity index (χ2n) is 3.53. The van der Waals surface area contributed by atoms with Crippen molar-refractivity contribution >= 4 is 0 Å². The fraction of sp³-hybridized carbons (Fsp3) is 1.00. The van der Waals surface area contributed by atoms with E-state index in [4.69, 9.17) is 4.84 Å².